The van der Waals surface area contributed by atoms with Crippen molar-refractivity contribution in [2.75, 3.05) is 33.1 Å². The first-order valence-electron chi connectivity index (χ1n) is 11.7. The number of hydrogen-bond acceptors (Lipinski definition) is 4. The summed E-state index contributed by atoms with van der Waals surface area (Å²) in [5.74, 6) is -0.352. The monoisotopic (exact) mass is 434 g/mol. The topological polar surface area (TPSA) is 86.3 Å². The van der Waals surface area contributed by atoms with E-state index in [1.165, 1.54) is 70.6 Å². The van der Waals surface area contributed by atoms with E-state index in [-0.39, 0.29) is 10.4 Å². The van der Waals surface area contributed by atoms with Crippen LogP contribution in [0.1, 0.15) is 103 Å². The lowest BCUT2D eigenvalue weighted by atomic mass is 10.0. The molecule has 1 N–H and O–H groups in total. The predicted molar refractivity (Wildman–Crippen MR) is 119 cm³/mol. The molecule has 29 heavy (non-hydrogen) atoms. The molecule has 0 radical (unpaired) electrons. The average Bonchev–Trinajstić information content (AvgIpc) is 2.60. The van der Waals surface area contributed by atoms with Crippen molar-refractivity contribution in [1.82, 2.24) is 5.32 Å². The molecule has 0 bridgehead atoms. The highest BCUT2D eigenvalue weighted by molar-refractivity contribution is 7.85. The molecule has 0 spiro atoms. The highest BCUT2D eigenvalue weighted by Crippen LogP contribution is 2.13. The molecule has 7 heteroatoms. The molecule has 174 valence electrons. The SMILES string of the molecule is CCCCCCCCCCCCCCCC(=O)NCCC[N+](C)(C)CS(=O)(=O)[O-]. The molecule has 0 saturated carbocycles. The summed E-state index contributed by atoms with van der Waals surface area (Å²) >= 11 is 0. The molecule has 0 atom stereocenters. The fourth-order valence-electron chi connectivity index (χ4n) is 3.62. The lowest BCUT2D eigenvalue weighted by molar-refractivity contribution is -0.878. The number of nitrogens with zero attached hydrogens (tertiary/aromatic N) is 1. The largest absolute Gasteiger partial charge is 0.744 e. The second-order valence-electron chi connectivity index (χ2n) is 9.04. The molecular formula is C22H46N2O4S. The molecule has 6 nitrogen and oxygen atoms in total. The zero-order chi connectivity index (χ0) is 22.0. The zero-order valence-electron chi connectivity index (χ0n) is 19.2. The Morgan fingerprint density at radius 2 is 1.24 bits per heavy atom. The summed E-state index contributed by atoms with van der Waals surface area (Å²) in [7, 11) is -0.805. The smallest absolute Gasteiger partial charge is 0.219 e. The Kier molecular flexibility index (Phi) is 16.7. The zero-order valence-corrected chi connectivity index (χ0v) is 20.0. The second-order valence-corrected chi connectivity index (χ2v) is 10.4. The minimum absolute atomic E-state index is 0.0647. The lowest BCUT2D eigenvalue weighted by Gasteiger charge is -2.30. The van der Waals surface area contributed by atoms with Crippen molar-refractivity contribution in [1.29, 1.82) is 0 Å². The van der Waals surface area contributed by atoms with Gasteiger partial charge < -0.3 is 14.4 Å². The number of unbranched alkanes of at least 4 members (excludes halogenated alkanes) is 12. The minimum Gasteiger partial charge on any atom is -0.744 e. The van der Waals surface area contributed by atoms with Crippen LogP contribution in [0.5, 0.6) is 0 Å². The molecule has 0 aromatic heterocycles. The Balaban J connectivity index is 3.42. The van der Waals surface area contributed by atoms with Gasteiger partial charge in [0.15, 0.2) is 5.88 Å². The van der Waals surface area contributed by atoms with E-state index in [2.05, 4.69) is 12.2 Å². The summed E-state index contributed by atoms with van der Waals surface area (Å²) in [6.45, 7) is 3.32. The Hall–Kier alpha value is -0.660. The highest BCUT2D eigenvalue weighted by Gasteiger charge is 2.18. The first-order valence-corrected chi connectivity index (χ1v) is 13.3. The molecule has 0 aliphatic carbocycles. The van der Waals surface area contributed by atoms with Gasteiger partial charge in [0.1, 0.15) is 10.1 Å². The van der Waals surface area contributed by atoms with Crippen LogP contribution < -0.4 is 5.32 Å². The lowest BCUT2D eigenvalue weighted by Crippen LogP contribution is -2.45. The number of rotatable bonds is 20. The van der Waals surface area contributed by atoms with E-state index in [0.29, 0.717) is 25.9 Å². The maximum atomic E-state index is 11.8. The average molecular weight is 435 g/mol. The fraction of sp³-hybridized carbons (Fsp3) is 0.955. The third-order valence-corrected chi connectivity index (χ3v) is 6.29. The Morgan fingerprint density at radius 3 is 1.69 bits per heavy atom. The van der Waals surface area contributed by atoms with Crippen LogP contribution in [0.15, 0.2) is 0 Å². The van der Waals surface area contributed by atoms with Crippen LogP contribution in [0.3, 0.4) is 0 Å². The molecule has 0 rings (SSSR count). The van der Waals surface area contributed by atoms with E-state index in [0.717, 1.165) is 12.8 Å². The van der Waals surface area contributed by atoms with Crippen LogP contribution in [-0.2, 0) is 14.9 Å². The van der Waals surface area contributed by atoms with Crippen molar-refractivity contribution in [2.24, 2.45) is 0 Å². The standard InChI is InChI=1S/C22H46N2O4S/c1-4-5-6-7-8-9-10-11-12-13-14-15-16-18-22(25)23-19-17-20-24(2,3)21-29(26,27)28/h4-21H2,1-3H3,(H-,23,25,26,27,28). The first-order chi connectivity index (χ1) is 13.7. The van der Waals surface area contributed by atoms with Gasteiger partial charge in [-0.1, -0.05) is 84.0 Å². The third kappa shape index (κ3) is 21.9. The van der Waals surface area contributed by atoms with Gasteiger partial charge in [-0.25, -0.2) is 8.42 Å². The molecular weight excluding hydrogens is 388 g/mol. The van der Waals surface area contributed by atoms with Crippen LogP contribution in [0, 0.1) is 0 Å². The van der Waals surface area contributed by atoms with E-state index in [1.807, 2.05) is 0 Å². The number of hydrogen-bond donors (Lipinski definition) is 1. The van der Waals surface area contributed by atoms with Crippen LogP contribution in [0.4, 0.5) is 0 Å². The van der Waals surface area contributed by atoms with Crippen molar-refractivity contribution in [3.05, 3.63) is 0 Å². The Labute approximate surface area is 180 Å². The fourth-order valence-corrected chi connectivity index (χ4v) is 4.60. The van der Waals surface area contributed by atoms with E-state index >= 15 is 0 Å². The van der Waals surface area contributed by atoms with Crippen molar-refractivity contribution < 1.29 is 22.2 Å². The maximum Gasteiger partial charge on any atom is 0.219 e. The number of amides is 1. The molecule has 0 aliphatic rings. The van der Waals surface area contributed by atoms with Crippen molar-refractivity contribution in [2.45, 2.75) is 103 Å². The number of quaternary nitrogens is 1. The summed E-state index contributed by atoms with van der Waals surface area (Å²) in [6.07, 6.45) is 18.0. The van der Waals surface area contributed by atoms with Gasteiger partial charge in [0, 0.05) is 19.4 Å². The highest BCUT2D eigenvalue weighted by atomic mass is 32.2. The molecule has 0 aliphatic heterocycles. The van der Waals surface area contributed by atoms with E-state index in [4.69, 9.17) is 0 Å². The molecule has 1 amide bonds. The van der Waals surface area contributed by atoms with Gasteiger partial charge in [-0.05, 0) is 6.42 Å². The summed E-state index contributed by atoms with van der Waals surface area (Å²) in [4.78, 5) is 11.8. The van der Waals surface area contributed by atoms with Crippen LogP contribution in [-0.4, -0.2) is 56.4 Å². The van der Waals surface area contributed by atoms with Crippen LogP contribution in [0.2, 0.25) is 0 Å². The van der Waals surface area contributed by atoms with Gasteiger partial charge in [-0.3, -0.25) is 4.79 Å². The summed E-state index contributed by atoms with van der Waals surface area (Å²) in [6, 6.07) is 0. The molecule has 0 saturated heterocycles. The molecule has 0 unspecified atom stereocenters. The summed E-state index contributed by atoms with van der Waals surface area (Å²) in [5.41, 5.74) is 0. The predicted octanol–water partition coefficient (Wildman–Crippen LogP) is 4.55. The van der Waals surface area contributed by atoms with E-state index in [1.54, 1.807) is 14.1 Å². The minimum atomic E-state index is -4.23. The Morgan fingerprint density at radius 1 is 0.793 bits per heavy atom. The van der Waals surface area contributed by atoms with Gasteiger partial charge in [-0.2, -0.15) is 0 Å². The van der Waals surface area contributed by atoms with Crippen molar-refractivity contribution in [3.63, 3.8) is 0 Å². The van der Waals surface area contributed by atoms with Gasteiger partial charge in [0.2, 0.25) is 5.91 Å². The number of carbonyl (C=O) groups excluding carboxylic acids is 1. The molecule has 0 heterocycles. The van der Waals surface area contributed by atoms with Gasteiger partial charge in [-0.15, -0.1) is 0 Å². The van der Waals surface area contributed by atoms with E-state index < -0.39 is 16.0 Å². The normalized spacial score (nSPS) is 12.3. The maximum absolute atomic E-state index is 11.8. The number of carbonyl (C=O) groups is 1. The third-order valence-electron chi connectivity index (χ3n) is 5.28. The van der Waals surface area contributed by atoms with Crippen molar-refractivity contribution >= 4 is 16.0 Å². The molecule has 0 fully saturated rings. The molecule has 0 aromatic carbocycles. The second kappa shape index (κ2) is 17.1. The summed E-state index contributed by atoms with van der Waals surface area (Å²) < 4.78 is 32.7. The van der Waals surface area contributed by atoms with Crippen molar-refractivity contribution in [3.8, 4) is 0 Å². The summed E-state index contributed by atoms with van der Waals surface area (Å²) in [5, 5.41) is 2.88. The Bertz CT molecular complexity index is 507. The van der Waals surface area contributed by atoms with Gasteiger partial charge in [0.25, 0.3) is 0 Å². The quantitative estimate of drug-likeness (QED) is 0.173. The molecule has 0 aromatic rings. The number of nitrogens with one attached hydrogen (secondary N) is 1. The van der Waals surface area contributed by atoms with Crippen LogP contribution in [0.25, 0.3) is 0 Å². The van der Waals surface area contributed by atoms with E-state index in [9.17, 15) is 17.8 Å². The van der Waals surface area contributed by atoms with Gasteiger partial charge >= 0.3 is 0 Å². The van der Waals surface area contributed by atoms with Gasteiger partial charge in [0.05, 0.1) is 20.6 Å². The van der Waals surface area contributed by atoms with Crippen LogP contribution >= 0.6 is 0 Å². The first kappa shape index (κ1) is 28.3.